The largest absolute Gasteiger partial charge is 0.369 e. The molecule has 0 heterocycles. The van der Waals surface area contributed by atoms with Gasteiger partial charge in [0.25, 0.3) is 0 Å². The second-order valence-corrected chi connectivity index (χ2v) is 7.93. The molecule has 0 aliphatic carbocycles. The number of benzene rings is 3. The molecule has 3 aromatic rings. The van der Waals surface area contributed by atoms with E-state index in [1.165, 1.54) is 0 Å². The molecule has 0 aromatic heterocycles. The molecular weight excluding hydrogens is 427 g/mol. The van der Waals surface area contributed by atoms with Crippen LogP contribution in [0.3, 0.4) is 0 Å². The molecule has 0 atom stereocenters. The second-order valence-electron chi connectivity index (χ2n) is 7.17. The van der Waals surface area contributed by atoms with Gasteiger partial charge in [0, 0.05) is 36.8 Å². The van der Waals surface area contributed by atoms with Crippen molar-refractivity contribution in [2.24, 2.45) is 15.2 Å². The molecule has 0 unspecified atom stereocenters. The van der Waals surface area contributed by atoms with Crippen molar-refractivity contribution in [2.75, 3.05) is 29.7 Å². The van der Waals surface area contributed by atoms with Crippen LogP contribution in [-0.4, -0.2) is 31.1 Å². The third-order valence-electron chi connectivity index (χ3n) is 4.89. The number of nitrogens with zero attached hydrogens (tertiary/aromatic N) is 4. The molecule has 3 aromatic carbocycles. The molecule has 0 spiro atoms. The lowest BCUT2D eigenvalue weighted by molar-refractivity contribution is 0.874. The number of aryl methyl sites for hydroxylation is 2. The Morgan fingerprint density at radius 1 is 0.774 bits per heavy atom. The summed E-state index contributed by atoms with van der Waals surface area (Å²) in [6, 6.07) is 22.1. The smallest absolute Gasteiger partial charge is 0.0886 e. The molecule has 0 aliphatic heterocycles. The van der Waals surface area contributed by atoms with E-state index in [1.54, 1.807) is 0 Å². The zero-order chi connectivity index (χ0) is 22.1. The molecule has 0 aliphatic rings. The van der Waals surface area contributed by atoms with E-state index in [1.807, 2.05) is 62.5 Å². The zero-order valence-electron chi connectivity index (χ0n) is 17.8. The highest BCUT2D eigenvalue weighted by molar-refractivity contribution is 6.18. The lowest BCUT2D eigenvalue weighted by Crippen LogP contribution is -2.27. The van der Waals surface area contributed by atoms with Crippen molar-refractivity contribution in [1.82, 2.24) is 0 Å². The first kappa shape index (κ1) is 23.0. The van der Waals surface area contributed by atoms with Crippen LogP contribution in [0, 0.1) is 13.8 Å². The van der Waals surface area contributed by atoms with Crippen molar-refractivity contribution in [1.29, 1.82) is 0 Å². The summed E-state index contributed by atoms with van der Waals surface area (Å²) in [5.41, 5.74) is 6.88. The predicted molar refractivity (Wildman–Crippen MR) is 134 cm³/mol. The Hall–Kier alpha value is -2.69. The number of anilines is 1. The van der Waals surface area contributed by atoms with Crippen LogP contribution in [0.4, 0.5) is 22.7 Å². The monoisotopic (exact) mass is 452 g/mol. The quantitative estimate of drug-likeness (QED) is 0.185. The summed E-state index contributed by atoms with van der Waals surface area (Å²) in [5, 5.41) is 8.72. The van der Waals surface area contributed by atoms with E-state index < -0.39 is 0 Å². The minimum atomic E-state index is 0.569. The maximum absolute atomic E-state index is 5.90. The summed E-state index contributed by atoms with van der Waals surface area (Å²) in [6.07, 6.45) is 1.87. The van der Waals surface area contributed by atoms with E-state index in [0.717, 1.165) is 52.5 Å². The van der Waals surface area contributed by atoms with E-state index in [0.29, 0.717) is 11.8 Å². The number of halogens is 2. The van der Waals surface area contributed by atoms with Crippen LogP contribution in [0.5, 0.6) is 0 Å². The van der Waals surface area contributed by atoms with Crippen LogP contribution in [-0.2, 0) is 0 Å². The Morgan fingerprint density at radius 3 is 2.13 bits per heavy atom. The van der Waals surface area contributed by atoms with E-state index in [4.69, 9.17) is 23.2 Å². The fourth-order valence-electron chi connectivity index (χ4n) is 3.12. The number of azo groups is 1. The average Bonchev–Trinajstić information content (AvgIpc) is 2.78. The van der Waals surface area contributed by atoms with Gasteiger partial charge in [-0.05, 0) is 66.9 Å². The van der Waals surface area contributed by atoms with Crippen LogP contribution < -0.4 is 4.90 Å². The summed E-state index contributed by atoms with van der Waals surface area (Å²) in [5.74, 6) is 1.14. The molecule has 0 bridgehead atoms. The third kappa shape index (κ3) is 6.65. The Bertz CT molecular complexity index is 1040. The van der Waals surface area contributed by atoms with Crippen molar-refractivity contribution < 1.29 is 0 Å². The summed E-state index contributed by atoms with van der Waals surface area (Å²) < 4.78 is 0. The molecule has 0 amide bonds. The summed E-state index contributed by atoms with van der Waals surface area (Å²) in [4.78, 5) is 6.82. The van der Waals surface area contributed by atoms with Crippen molar-refractivity contribution in [3.63, 3.8) is 0 Å². The highest BCUT2D eigenvalue weighted by Crippen LogP contribution is 2.26. The van der Waals surface area contributed by atoms with Gasteiger partial charge in [0.2, 0.25) is 0 Å². The number of hydrogen-bond donors (Lipinski definition) is 0. The van der Waals surface area contributed by atoms with Crippen LogP contribution in [0.2, 0.25) is 0 Å². The molecule has 31 heavy (non-hydrogen) atoms. The Balaban J connectivity index is 1.69. The van der Waals surface area contributed by atoms with Crippen LogP contribution in [0.1, 0.15) is 16.7 Å². The van der Waals surface area contributed by atoms with Crippen molar-refractivity contribution >= 4 is 52.2 Å². The van der Waals surface area contributed by atoms with Crippen molar-refractivity contribution in [2.45, 2.75) is 13.8 Å². The molecule has 3 rings (SSSR count). The highest BCUT2D eigenvalue weighted by Gasteiger charge is 2.05. The molecule has 6 heteroatoms. The van der Waals surface area contributed by atoms with Crippen LogP contribution in [0.15, 0.2) is 82.0 Å². The SMILES string of the molecule is Cc1cc(N=Nc2ccccc2C)ccc1N=Cc1ccc(N(CCCl)CCCl)cc1. The van der Waals surface area contributed by atoms with Gasteiger partial charge in [0.15, 0.2) is 0 Å². The summed E-state index contributed by atoms with van der Waals surface area (Å²) >= 11 is 11.8. The van der Waals surface area contributed by atoms with Gasteiger partial charge in [-0.15, -0.1) is 23.2 Å². The molecule has 4 nitrogen and oxygen atoms in total. The maximum atomic E-state index is 5.90. The molecule has 0 N–H and O–H groups in total. The molecule has 0 radical (unpaired) electrons. The van der Waals surface area contributed by atoms with Gasteiger partial charge in [-0.2, -0.15) is 10.2 Å². The zero-order valence-corrected chi connectivity index (χ0v) is 19.3. The first-order valence-electron chi connectivity index (χ1n) is 10.2. The topological polar surface area (TPSA) is 40.3 Å². The standard InChI is InChI=1S/C25H26Cl2N4/c1-19-5-3-4-6-25(19)30-29-22-9-12-24(20(2)17-22)28-18-21-7-10-23(11-8-21)31(15-13-26)16-14-27/h3-12,17-18H,13-16H2,1-2H3. The molecule has 0 fully saturated rings. The summed E-state index contributed by atoms with van der Waals surface area (Å²) in [6.45, 7) is 5.60. The van der Waals surface area contributed by atoms with Gasteiger partial charge < -0.3 is 4.90 Å². The van der Waals surface area contributed by atoms with E-state index in [2.05, 4.69) is 44.4 Å². The average molecular weight is 453 g/mol. The molecular formula is C25H26Cl2N4. The van der Waals surface area contributed by atoms with Gasteiger partial charge in [-0.25, -0.2) is 0 Å². The fraction of sp³-hybridized carbons (Fsp3) is 0.240. The number of alkyl halides is 2. The van der Waals surface area contributed by atoms with Crippen LogP contribution in [0.25, 0.3) is 0 Å². The normalized spacial score (nSPS) is 11.5. The van der Waals surface area contributed by atoms with Crippen molar-refractivity contribution in [3.05, 3.63) is 83.4 Å². The van der Waals surface area contributed by atoms with Crippen molar-refractivity contribution in [3.8, 4) is 0 Å². The number of aliphatic imine (C=N–C) groups is 1. The molecule has 0 saturated carbocycles. The Kier molecular flexibility index (Phi) is 8.63. The third-order valence-corrected chi connectivity index (χ3v) is 5.23. The lowest BCUT2D eigenvalue weighted by Gasteiger charge is -2.22. The van der Waals surface area contributed by atoms with E-state index >= 15 is 0 Å². The minimum absolute atomic E-state index is 0.569. The summed E-state index contributed by atoms with van der Waals surface area (Å²) in [7, 11) is 0. The Morgan fingerprint density at radius 2 is 1.48 bits per heavy atom. The van der Waals surface area contributed by atoms with Gasteiger partial charge in [-0.3, -0.25) is 4.99 Å². The molecule has 160 valence electrons. The lowest BCUT2D eigenvalue weighted by atomic mass is 10.1. The van der Waals surface area contributed by atoms with Crippen LogP contribution >= 0.6 is 23.2 Å². The van der Waals surface area contributed by atoms with Gasteiger partial charge >= 0.3 is 0 Å². The number of hydrogen-bond acceptors (Lipinski definition) is 4. The van der Waals surface area contributed by atoms with E-state index in [9.17, 15) is 0 Å². The Labute approximate surface area is 194 Å². The fourth-order valence-corrected chi connectivity index (χ4v) is 3.53. The number of rotatable bonds is 9. The van der Waals surface area contributed by atoms with Gasteiger partial charge in [0.05, 0.1) is 17.1 Å². The maximum Gasteiger partial charge on any atom is 0.0886 e. The minimum Gasteiger partial charge on any atom is -0.369 e. The first-order valence-corrected chi connectivity index (χ1v) is 11.3. The first-order chi connectivity index (χ1) is 15.1. The van der Waals surface area contributed by atoms with Gasteiger partial charge in [-0.1, -0.05) is 30.3 Å². The highest BCUT2D eigenvalue weighted by atomic mass is 35.5. The predicted octanol–water partition coefficient (Wildman–Crippen LogP) is 7.75. The van der Waals surface area contributed by atoms with Gasteiger partial charge in [0.1, 0.15) is 0 Å². The molecule has 0 saturated heterocycles. The van der Waals surface area contributed by atoms with E-state index in [-0.39, 0.29) is 0 Å². The second kappa shape index (κ2) is 11.6.